The molecule has 122 valence electrons. The van der Waals surface area contributed by atoms with Gasteiger partial charge in [0, 0.05) is 13.1 Å². The molecule has 0 aliphatic carbocycles. The fourth-order valence-electron chi connectivity index (χ4n) is 2.01. The minimum absolute atomic E-state index is 0.120. The number of hydrogen-bond acceptors (Lipinski definition) is 3. The summed E-state index contributed by atoms with van der Waals surface area (Å²) in [6.07, 6.45) is 0.734. The fourth-order valence-corrected chi connectivity index (χ4v) is 2.70. The molecule has 0 saturated heterocycles. The maximum absolute atomic E-state index is 11.2. The molecule has 0 heterocycles. The quantitative estimate of drug-likeness (QED) is 0.689. The summed E-state index contributed by atoms with van der Waals surface area (Å²) < 4.78 is 22.4. The molecule has 0 radical (unpaired) electrons. The summed E-state index contributed by atoms with van der Waals surface area (Å²) in [5.74, 6) is 0. The number of benzene rings is 2. The third-order valence-electron chi connectivity index (χ3n) is 3.25. The van der Waals surface area contributed by atoms with Gasteiger partial charge in [-0.15, -0.1) is 0 Å². The summed E-state index contributed by atoms with van der Waals surface area (Å²) in [7, 11) is -3.63. The Hall–Kier alpha value is -1.96. The summed E-state index contributed by atoms with van der Waals surface area (Å²) >= 11 is 5.22. The highest BCUT2D eigenvalue weighted by molar-refractivity contribution is 7.89. The Morgan fingerprint density at radius 2 is 1.61 bits per heavy atom. The number of hydrogen-bond donors (Lipinski definition) is 3. The molecule has 0 saturated carbocycles. The smallest absolute Gasteiger partial charge is 0.238 e. The first-order valence-electron chi connectivity index (χ1n) is 7.12. The Kier molecular flexibility index (Phi) is 6.09. The summed E-state index contributed by atoms with van der Waals surface area (Å²) in [5, 5.41) is 11.9. The molecule has 0 spiro atoms. The van der Waals surface area contributed by atoms with E-state index in [2.05, 4.69) is 10.6 Å². The van der Waals surface area contributed by atoms with Crippen LogP contribution in [-0.4, -0.2) is 20.1 Å². The first kappa shape index (κ1) is 17.4. The molecule has 0 atom stereocenters. The summed E-state index contributed by atoms with van der Waals surface area (Å²) in [6, 6.07) is 16.5. The van der Waals surface area contributed by atoms with Crippen LogP contribution in [0, 0.1) is 0 Å². The van der Waals surface area contributed by atoms with Crippen molar-refractivity contribution in [2.75, 3.05) is 6.54 Å². The third-order valence-corrected chi connectivity index (χ3v) is 4.46. The van der Waals surface area contributed by atoms with Crippen molar-refractivity contribution in [1.82, 2.24) is 10.6 Å². The Bertz CT molecular complexity index is 745. The molecule has 2 aromatic carbocycles. The molecular weight excluding hydrogens is 330 g/mol. The zero-order valence-corrected chi connectivity index (χ0v) is 14.2. The standard InChI is InChI=1S/C16H19N3O2S2/c17-23(20,21)15-8-6-13(7-9-15)10-11-18-16(22)19-12-14-4-2-1-3-5-14/h1-9H,10-12H2,(H2,17,20,21)(H2,18,19,22). The van der Waals surface area contributed by atoms with Gasteiger partial charge in [-0.1, -0.05) is 42.5 Å². The molecule has 2 aromatic rings. The molecule has 7 heteroatoms. The van der Waals surface area contributed by atoms with Crippen molar-refractivity contribution in [3.05, 3.63) is 65.7 Å². The minimum Gasteiger partial charge on any atom is -0.362 e. The van der Waals surface area contributed by atoms with Crippen LogP contribution >= 0.6 is 12.2 Å². The van der Waals surface area contributed by atoms with Crippen LogP contribution in [-0.2, 0) is 23.0 Å². The first-order valence-corrected chi connectivity index (χ1v) is 9.08. The van der Waals surface area contributed by atoms with Gasteiger partial charge in [0.25, 0.3) is 0 Å². The van der Waals surface area contributed by atoms with Gasteiger partial charge in [0.2, 0.25) is 10.0 Å². The second-order valence-electron chi connectivity index (χ2n) is 5.03. The van der Waals surface area contributed by atoms with Gasteiger partial charge in [-0.3, -0.25) is 0 Å². The van der Waals surface area contributed by atoms with Gasteiger partial charge in [0.15, 0.2) is 5.11 Å². The van der Waals surface area contributed by atoms with E-state index in [0.717, 1.165) is 17.5 Å². The Balaban J connectivity index is 1.73. The maximum atomic E-state index is 11.2. The normalized spacial score (nSPS) is 11.0. The SMILES string of the molecule is NS(=O)(=O)c1ccc(CCNC(=S)NCc2ccccc2)cc1. The van der Waals surface area contributed by atoms with E-state index < -0.39 is 10.0 Å². The van der Waals surface area contributed by atoms with Crippen molar-refractivity contribution < 1.29 is 8.42 Å². The van der Waals surface area contributed by atoms with E-state index in [1.54, 1.807) is 12.1 Å². The Labute approximate surface area is 142 Å². The predicted molar refractivity (Wildman–Crippen MR) is 95.4 cm³/mol. The van der Waals surface area contributed by atoms with Gasteiger partial charge in [0.1, 0.15) is 0 Å². The van der Waals surface area contributed by atoms with Crippen molar-refractivity contribution in [1.29, 1.82) is 0 Å². The minimum atomic E-state index is -3.63. The van der Waals surface area contributed by atoms with Crippen LogP contribution < -0.4 is 15.8 Å². The van der Waals surface area contributed by atoms with Crippen molar-refractivity contribution in [3.8, 4) is 0 Å². The molecule has 5 nitrogen and oxygen atoms in total. The van der Waals surface area contributed by atoms with E-state index >= 15 is 0 Å². The van der Waals surface area contributed by atoms with Gasteiger partial charge >= 0.3 is 0 Å². The molecule has 2 rings (SSSR count). The lowest BCUT2D eigenvalue weighted by Crippen LogP contribution is -2.35. The van der Waals surface area contributed by atoms with Crippen molar-refractivity contribution in [2.24, 2.45) is 5.14 Å². The van der Waals surface area contributed by atoms with Crippen LogP contribution in [0.25, 0.3) is 0 Å². The van der Waals surface area contributed by atoms with E-state index in [-0.39, 0.29) is 4.90 Å². The highest BCUT2D eigenvalue weighted by atomic mass is 32.2. The van der Waals surface area contributed by atoms with Crippen LogP contribution in [0.4, 0.5) is 0 Å². The molecule has 0 aromatic heterocycles. The highest BCUT2D eigenvalue weighted by Gasteiger charge is 2.06. The number of sulfonamides is 1. The predicted octanol–water partition coefficient (Wildman–Crippen LogP) is 1.54. The van der Waals surface area contributed by atoms with E-state index in [9.17, 15) is 8.42 Å². The molecule has 4 N–H and O–H groups in total. The molecule has 0 unspecified atom stereocenters. The zero-order valence-electron chi connectivity index (χ0n) is 12.5. The van der Waals surface area contributed by atoms with Gasteiger partial charge < -0.3 is 10.6 Å². The van der Waals surface area contributed by atoms with Crippen molar-refractivity contribution >= 4 is 27.4 Å². The van der Waals surface area contributed by atoms with E-state index in [4.69, 9.17) is 17.4 Å². The number of nitrogens with one attached hydrogen (secondary N) is 2. The average Bonchev–Trinajstić information content (AvgIpc) is 2.53. The maximum Gasteiger partial charge on any atom is 0.238 e. The topological polar surface area (TPSA) is 84.2 Å². The molecule has 0 bridgehead atoms. The lowest BCUT2D eigenvalue weighted by Gasteiger charge is -2.10. The lowest BCUT2D eigenvalue weighted by molar-refractivity contribution is 0.598. The van der Waals surface area contributed by atoms with E-state index in [1.165, 1.54) is 12.1 Å². The summed E-state index contributed by atoms with van der Waals surface area (Å²) in [4.78, 5) is 0.120. The summed E-state index contributed by atoms with van der Waals surface area (Å²) in [6.45, 7) is 1.34. The second-order valence-corrected chi connectivity index (χ2v) is 7.00. The first-order chi connectivity index (χ1) is 10.9. The van der Waals surface area contributed by atoms with E-state index in [0.29, 0.717) is 18.2 Å². The van der Waals surface area contributed by atoms with Crippen LogP contribution in [0.5, 0.6) is 0 Å². The monoisotopic (exact) mass is 349 g/mol. The molecular formula is C16H19N3O2S2. The zero-order chi connectivity index (χ0) is 16.7. The number of rotatable bonds is 6. The van der Waals surface area contributed by atoms with Crippen molar-refractivity contribution in [2.45, 2.75) is 17.9 Å². The molecule has 0 aliphatic heterocycles. The van der Waals surface area contributed by atoms with Crippen LogP contribution in [0.2, 0.25) is 0 Å². The number of nitrogens with two attached hydrogens (primary N) is 1. The third kappa shape index (κ3) is 5.97. The number of thiocarbonyl (C=S) groups is 1. The summed E-state index contributed by atoms with van der Waals surface area (Å²) in [5.41, 5.74) is 2.17. The van der Waals surface area contributed by atoms with Gasteiger partial charge in [-0.05, 0) is 41.9 Å². The van der Waals surface area contributed by atoms with Crippen LogP contribution in [0.3, 0.4) is 0 Å². The number of primary sulfonamides is 1. The van der Waals surface area contributed by atoms with E-state index in [1.807, 2.05) is 30.3 Å². The lowest BCUT2D eigenvalue weighted by atomic mass is 10.1. The highest BCUT2D eigenvalue weighted by Crippen LogP contribution is 2.08. The molecule has 0 amide bonds. The Morgan fingerprint density at radius 3 is 2.22 bits per heavy atom. The van der Waals surface area contributed by atoms with Crippen molar-refractivity contribution in [3.63, 3.8) is 0 Å². The molecule has 23 heavy (non-hydrogen) atoms. The van der Waals surface area contributed by atoms with Gasteiger partial charge in [-0.25, -0.2) is 13.6 Å². The molecule has 0 fully saturated rings. The van der Waals surface area contributed by atoms with Gasteiger partial charge in [-0.2, -0.15) is 0 Å². The second kappa shape index (κ2) is 8.05. The Morgan fingerprint density at radius 1 is 0.957 bits per heavy atom. The molecule has 0 aliphatic rings. The van der Waals surface area contributed by atoms with Crippen LogP contribution in [0.15, 0.2) is 59.5 Å². The largest absolute Gasteiger partial charge is 0.362 e. The van der Waals surface area contributed by atoms with Crippen LogP contribution in [0.1, 0.15) is 11.1 Å². The average molecular weight is 349 g/mol. The fraction of sp³-hybridized carbons (Fsp3) is 0.188. The van der Waals surface area contributed by atoms with Gasteiger partial charge in [0.05, 0.1) is 4.90 Å².